The molecular weight excluding hydrogens is 140 g/mol. The Morgan fingerprint density at radius 1 is 1.36 bits per heavy atom. The number of ether oxygens (including phenoxy) is 1. The van der Waals surface area contributed by atoms with E-state index in [0.29, 0.717) is 5.92 Å². The Bertz CT molecular complexity index is 176. The molecule has 3 atom stereocenters. The van der Waals surface area contributed by atoms with Crippen molar-refractivity contribution in [1.29, 1.82) is 0 Å². The Morgan fingerprint density at radius 2 is 2.18 bits per heavy atom. The smallest absolute Gasteiger partial charge is 0.308 e. The van der Waals surface area contributed by atoms with Gasteiger partial charge in [0.05, 0.1) is 13.0 Å². The van der Waals surface area contributed by atoms with Crippen molar-refractivity contribution >= 4 is 5.97 Å². The zero-order valence-corrected chi connectivity index (χ0v) is 6.88. The fourth-order valence-corrected chi connectivity index (χ4v) is 2.68. The summed E-state index contributed by atoms with van der Waals surface area (Å²) in [6, 6.07) is 0. The molecule has 0 saturated heterocycles. The second-order valence-electron chi connectivity index (χ2n) is 3.80. The van der Waals surface area contributed by atoms with Gasteiger partial charge in [0.15, 0.2) is 0 Å². The minimum absolute atomic E-state index is 0.0252. The molecule has 0 aromatic carbocycles. The lowest BCUT2D eigenvalue weighted by atomic mass is 9.89. The summed E-state index contributed by atoms with van der Waals surface area (Å²) < 4.78 is 4.75. The van der Waals surface area contributed by atoms with Gasteiger partial charge in [0.2, 0.25) is 0 Å². The van der Waals surface area contributed by atoms with Gasteiger partial charge in [0.25, 0.3) is 0 Å². The molecule has 3 unspecified atom stereocenters. The first-order valence-corrected chi connectivity index (χ1v) is 4.39. The van der Waals surface area contributed by atoms with Crippen LogP contribution in [-0.2, 0) is 9.53 Å². The van der Waals surface area contributed by atoms with Crippen molar-refractivity contribution in [3.05, 3.63) is 0 Å². The average molecular weight is 154 g/mol. The van der Waals surface area contributed by atoms with Gasteiger partial charge >= 0.3 is 5.97 Å². The van der Waals surface area contributed by atoms with E-state index >= 15 is 0 Å². The molecule has 0 amide bonds. The molecule has 2 bridgehead atoms. The van der Waals surface area contributed by atoms with Crippen LogP contribution in [0.15, 0.2) is 0 Å². The van der Waals surface area contributed by atoms with Gasteiger partial charge < -0.3 is 4.74 Å². The van der Waals surface area contributed by atoms with Gasteiger partial charge in [-0.25, -0.2) is 0 Å². The standard InChI is InChI=1S/C9H14O2/c1-11-9(10)8-5-6-2-3-7(8)4-6/h6-8H,2-5H2,1H3. The number of hydrogen-bond acceptors (Lipinski definition) is 2. The highest BCUT2D eigenvalue weighted by Gasteiger charge is 2.43. The van der Waals surface area contributed by atoms with Gasteiger partial charge in [-0.05, 0) is 31.1 Å². The summed E-state index contributed by atoms with van der Waals surface area (Å²) in [7, 11) is 1.49. The summed E-state index contributed by atoms with van der Waals surface area (Å²) in [5.41, 5.74) is 0. The maximum atomic E-state index is 11.2. The number of methoxy groups -OCH3 is 1. The Kier molecular flexibility index (Phi) is 1.63. The van der Waals surface area contributed by atoms with Gasteiger partial charge in [0, 0.05) is 0 Å². The second kappa shape index (κ2) is 2.50. The van der Waals surface area contributed by atoms with Crippen LogP contribution in [0.4, 0.5) is 0 Å². The summed E-state index contributed by atoms with van der Waals surface area (Å²) in [6.07, 6.45) is 4.97. The molecular formula is C9H14O2. The second-order valence-corrected chi connectivity index (χ2v) is 3.80. The highest BCUT2D eigenvalue weighted by atomic mass is 16.5. The van der Waals surface area contributed by atoms with Crippen molar-refractivity contribution in [3.8, 4) is 0 Å². The van der Waals surface area contributed by atoms with E-state index in [1.165, 1.54) is 26.4 Å². The molecule has 0 heterocycles. The average Bonchev–Trinajstić information content (AvgIpc) is 2.62. The largest absolute Gasteiger partial charge is 0.469 e. The van der Waals surface area contributed by atoms with Crippen molar-refractivity contribution in [1.82, 2.24) is 0 Å². The van der Waals surface area contributed by atoms with E-state index in [2.05, 4.69) is 0 Å². The molecule has 2 heteroatoms. The normalized spacial score (nSPS) is 41.0. The topological polar surface area (TPSA) is 26.3 Å². The molecule has 0 aliphatic heterocycles. The summed E-state index contributed by atoms with van der Waals surface area (Å²) in [5, 5.41) is 0. The van der Waals surface area contributed by atoms with E-state index in [1.807, 2.05) is 0 Å². The van der Waals surface area contributed by atoms with E-state index in [4.69, 9.17) is 4.74 Å². The molecule has 0 spiro atoms. The fraction of sp³-hybridized carbons (Fsp3) is 0.889. The lowest BCUT2D eigenvalue weighted by Crippen LogP contribution is -2.21. The SMILES string of the molecule is COC(=O)C1CC2CCC1C2. The van der Waals surface area contributed by atoms with Crippen LogP contribution in [0.25, 0.3) is 0 Å². The highest BCUT2D eigenvalue weighted by Crippen LogP contribution is 2.48. The van der Waals surface area contributed by atoms with Gasteiger partial charge in [0.1, 0.15) is 0 Å². The summed E-state index contributed by atoms with van der Waals surface area (Å²) in [4.78, 5) is 11.2. The zero-order chi connectivity index (χ0) is 7.84. The number of fused-ring (bicyclic) bond motifs is 2. The van der Waals surface area contributed by atoms with Crippen molar-refractivity contribution in [2.45, 2.75) is 25.7 Å². The van der Waals surface area contributed by atoms with E-state index in [-0.39, 0.29) is 11.9 Å². The third-order valence-electron chi connectivity index (χ3n) is 3.24. The fourth-order valence-electron chi connectivity index (χ4n) is 2.68. The lowest BCUT2D eigenvalue weighted by Gasteiger charge is -2.18. The quantitative estimate of drug-likeness (QED) is 0.536. The molecule has 62 valence electrons. The minimum Gasteiger partial charge on any atom is -0.469 e. The Morgan fingerprint density at radius 3 is 2.64 bits per heavy atom. The Balaban J connectivity index is 2.02. The van der Waals surface area contributed by atoms with E-state index in [9.17, 15) is 4.79 Å². The maximum Gasteiger partial charge on any atom is 0.308 e. The lowest BCUT2D eigenvalue weighted by molar-refractivity contribution is -0.147. The molecule has 2 aliphatic rings. The van der Waals surface area contributed by atoms with Crippen LogP contribution in [0.2, 0.25) is 0 Å². The maximum absolute atomic E-state index is 11.2. The predicted octanol–water partition coefficient (Wildman–Crippen LogP) is 1.60. The monoisotopic (exact) mass is 154 g/mol. The molecule has 0 aromatic rings. The van der Waals surface area contributed by atoms with Gasteiger partial charge in [-0.2, -0.15) is 0 Å². The van der Waals surface area contributed by atoms with Crippen LogP contribution in [0.1, 0.15) is 25.7 Å². The van der Waals surface area contributed by atoms with Gasteiger partial charge in [-0.15, -0.1) is 0 Å². The first kappa shape index (κ1) is 7.14. The number of rotatable bonds is 1. The third kappa shape index (κ3) is 1.05. The first-order valence-electron chi connectivity index (χ1n) is 4.39. The number of hydrogen-bond donors (Lipinski definition) is 0. The van der Waals surface area contributed by atoms with Crippen molar-refractivity contribution < 1.29 is 9.53 Å². The van der Waals surface area contributed by atoms with Crippen LogP contribution in [0.5, 0.6) is 0 Å². The van der Waals surface area contributed by atoms with Crippen LogP contribution in [0, 0.1) is 17.8 Å². The van der Waals surface area contributed by atoms with Crippen LogP contribution >= 0.6 is 0 Å². The Hall–Kier alpha value is -0.530. The Labute approximate surface area is 66.9 Å². The molecule has 0 N–H and O–H groups in total. The molecule has 11 heavy (non-hydrogen) atoms. The van der Waals surface area contributed by atoms with E-state index in [0.717, 1.165) is 12.3 Å². The molecule has 2 fully saturated rings. The molecule has 2 saturated carbocycles. The summed E-state index contributed by atoms with van der Waals surface area (Å²) in [6.45, 7) is 0. The van der Waals surface area contributed by atoms with Crippen molar-refractivity contribution in [3.63, 3.8) is 0 Å². The summed E-state index contributed by atoms with van der Waals surface area (Å²) >= 11 is 0. The molecule has 2 rings (SSSR count). The molecule has 0 aromatic heterocycles. The number of carbonyl (C=O) groups is 1. The first-order chi connectivity index (χ1) is 5.31. The summed E-state index contributed by atoms with van der Waals surface area (Å²) in [5.74, 6) is 1.77. The van der Waals surface area contributed by atoms with Crippen LogP contribution in [0.3, 0.4) is 0 Å². The molecule has 2 nitrogen and oxygen atoms in total. The minimum atomic E-state index is 0.0252. The van der Waals surface area contributed by atoms with E-state index in [1.54, 1.807) is 0 Å². The van der Waals surface area contributed by atoms with Gasteiger partial charge in [-0.1, -0.05) is 6.42 Å². The van der Waals surface area contributed by atoms with Crippen LogP contribution in [-0.4, -0.2) is 13.1 Å². The highest BCUT2D eigenvalue weighted by molar-refractivity contribution is 5.73. The zero-order valence-electron chi connectivity index (χ0n) is 6.88. The van der Waals surface area contributed by atoms with Crippen LogP contribution < -0.4 is 0 Å². The molecule has 0 radical (unpaired) electrons. The van der Waals surface area contributed by atoms with E-state index < -0.39 is 0 Å². The number of carbonyl (C=O) groups excluding carboxylic acids is 1. The molecule has 2 aliphatic carbocycles. The number of esters is 1. The van der Waals surface area contributed by atoms with Crippen molar-refractivity contribution in [2.24, 2.45) is 17.8 Å². The predicted molar refractivity (Wildman–Crippen MR) is 41.0 cm³/mol. The third-order valence-corrected chi connectivity index (χ3v) is 3.24. The van der Waals surface area contributed by atoms with Gasteiger partial charge in [-0.3, -0.25) is 4.79 Å². The van der Waals surface area contributed by atoms with Crippen molar-refractivity contribution in [2.75, 3.05) is 7.11 Å².